The molecule has 0 aromatic carbocycles. The molecule has 0 heterocycles. The molecule has 0 N–H and O–H groups in total. The second-order valence-corrected chi connectivity index (χ2v) is 12.4. The zero-order valence-corrected chi connectivity index (χ0v) is 25.3. The van der Waals surface area contributed by atoms with Gasteiger partial charge >= 0.3 is 0 Å². The van der Waals surface area contributed by atoms with E-state index in [-0.39, 0.29) is 0 Å². The molecule has 0 aliphatic heterocycles. The van der Waals surface area contributed by atoms with E-state index in [1.54, 1.807) is 0 Å². The van der Waals surface area contributed by atoms with Gasteiger partial charge in [-0.15, -0.1) is 19.7 Å². The quantitative estimate of drug-likeness (QED) is 0.249. The Balaban J connectivity index is 0.00000154. The SMILES string of the molecule is C=C.C=C[C@@H](CCC)C(C)(C)CCC1CCC(C2=CC[C@H](CCC3CCC=CCC3)CC2)CC1.CC. The van der Waals surface area contributed by atoms with Gasteiger partial charge in [0.15, 0.2) is 0 Å². The maximum absolute atomic E-state index is 4.14. The monoisotopic (exact) mass is 497 g/mol. The highest BCUT2D eigenvalue weighted by Crippen LogP contribution is 2.43. The van der Waals surface area contributed by atoms with Gasteiger partial charge in [0.25, 0.3) is 0 Å². The van der Waals surface area contributed by atoms with Crippen molar-refractivity contribution >= 4 is 0 Å². The maximum Gasteiger partial charge on any atom is -0.0185 e. The number of rotatable bonds is 11. The van der Waals surface area contributed by atoms with Crippen LogP contribution in [0.2, 0.25) is 0 Å². The lowest BCUT2D eigenvalue weighted by Crippen LogP contribution is -2.25. The molecule has 0 aromatic heterocycles. The fourth-order valence-electron chi connectivity index (χ4n) is 7.07. The van der Waals surface area contributed by atoms with Crippen LogP contribution >= 0.6 is 0 Å². The minimum atomic E-state index is 0.419. The largest absolute Gasteiger partial charge is 0.106 e. The summed E-state index contributed by atoms with van der Waals surface area (Å²) in [5, 5.41) is 0. The summed E-state index contributed by atoms with van der Waals surface area (Å²) in [6.45, 7) is 21.4. The Labute approximate surface area is 228 Å². The van der Waals surface area contributed by atoms with Crippen LogP contribution in [0.1, 0.15) is 144 Å². The lowest BCUT2D eigenvalue weighted by atomic mass is 9.69. The van der Waals surface area contributed by atoms with Gasteiger partial charge in [0.2, 0.25) is 0 Å². The minimum absolute atomic E-state index is 0.419. The van der Waals surface area contributed by atoms with Crippen molar-refractivity contribution in [1.82, 2.24) is 0 Å². The van der Waals surface area contributed by atoms with Gasteiger partial charge in [-0.25, -0.2) is 0 Å². The van der Waals surface area contributed by atoms with E-state index in [9.17, 15) is 0 Å². The molecule has 0 nitrogen and oxygen atoms in total. The van der Waals surface area contributed by atoms with Crippen LogP contribution in [0, 0.1) is 35.0 Å². The number of allylic oxidation sites excluding steroid dienone is 5. The molecule has 1 fully saturated rings. The first-order chi connectivity index (χ1) is 17.5. The molecule has 3 aliphatic rings. The van der Waals surface area contributed by atoms with Gasteiger partial charge in [-0.1, -0.05) is 77.3 Å². The molecule has 0 spiro atoms. The van der Waals surface area contributed by atoms with E-state index in [0.717, 1.165) is 23.7 Å². The topological polar surface area (TPSA) is 0 Å². The highest BCUT2D eigenvalue weighted by molar-refractivity contribution is 5.11. The molecule has 3 aliphatic carbocycles. The number of hydrogen-bond acceptors (Lipinski definition) is 0. The van der Waals surface area contributed by atoms with Crippen LogP contribution < -0.4 is 0 Å². The summed E-state index contributed by atoms with van der Waals surface area (Å²) in [5.41, 5.74) is 2.27. The van der Waals surface area contributed by atoms with Crippen molar-refractivity contribution in [2.24, 2.45) is 35.0 Å². The van der Waals surface area contributed by atoms with Gasteiger partial charge in [-0.2, -0.15) is 0 Å². The predicted octanol–water partition coefficient (Wildman–Crippen LogP) is 12.3. The van der Waals surface area contributed by atoms with E-state index in [0.29, 0.717) is 11.3 Å². The van der Waals surface area contributed by atoms with Gasteiger partial charge in [-0.05, 0) is 131 Å². The summed E-state index contributed by atoms with van der Waals surface area (Å²) >= 11 is 0. The Kier molecular flexibility index (Phi) is 17.5. The lowest BCUT2D eigenvalue weighted by Gasteiger charge is -2.36. The van der Waals surface area contributed by atoms with Gasteiger partial charge in [-0.3, -0.25) is 0 Å². The van der Waals surface area contributed by atoms with E-state index in [1.165, 1.54) is 109 Å². The molecule has 0 radical (unpaired) electrons. The van der Waals surface area contributed by atoms with Crippen LogP contribution in [0.25, 0.3) is 0 Å². The normalized spacial score (nSPS) is 25.8. The molecular weight excluding hydrogens is 432 g/mol. The van der Waals surface area contributed by atoms with Gasteiger partial charge in [0.1, 0.15) is 0 Å². The van der Waals surface area contributed by atoms with Crippen molar-refractivity contribution in [1.29, 1.82) is 0 Å². The molecular formula is C36H64. The zero-order chi connectivity index (χ0) is 26.8. The van der Waals surface area contributed by atoms with Crippen LogP contribution in [0.5, 0.6) is 0 Å². The standard InChI is InChI=1S/C32H54.C2H6.C2H4/c1-5-11-31(6-2)32(3,4)25-24-28-18-22-30(23-19-28)29-20-16-27(17-21-29)15-14-26-12-9-7-8-10-13-26;2*1-2/h6-8,20,26-28,30-31H,2,5,9-19,21-25H2,1,3-4H3;1-2H3;1-2H2/t27-,28?,30?,31-;;/m0../s1. The van der Waals surface area contributed by atoms with Crippen molar-refractivity contribution in [3.63, 3.8) is 0 Å². The van der Waals surface area contributed by atoms with Gasteiger partial charge in [0.05, 0.1) is 0 Å². The lowest BCUT2D eigenvalue weighted by molar-refractivity contribution is 0.185. The van der Waals surface area contributed by atoms with E-state index >= 15 is 0 Å². The Morgan fingerprint density at radius 2 is 1.44 bits per heavy atom. The molecule has 1 saturated carbocycles. The van der Waals surface area contributed by atoms with E-state index < -0.39 is 0 Å². The first kappa shape index (κ1) is 33.0. The fourth-order valence-corrected chi connectivity index (χ4v) is 7.07. The third-order valence-electron chi connectivity index (χ3n) is 9.64. The van der Waals surface area contributed by atoms with Crippen molar-refractivity contribution in [3.05, 3.63) is 49.6 Å². The number of hydrogen-bond donors (Lipinski definition) is 0. The predicted molar refractivity (Wildman–Crippen MR) is 165 cm³/mol. The smallest absolute Gasteiger partial charge is 0.0185 e. The molecule has 0 amide bonds. The molecule has 0 heteroatoms. The van der Waals surface area contributed by atoms with Gasteiger partial charge < -0.3 is 0 Å². The zero-order valence-electron chi connectivity index (χ0n) is 25.3. The molecule has 2 atom stereocenters. The molecule has 0 bridgehead atoms. The maximum atomic E-state index is 4.14. The fraction of sp³-hybridized carbons (Fsp3) is 0.778. The van der Waals surface area contributed by atoms with Crippen LogP contribution in [0.3, 0.4) is 0 Å². The summed E-state index contributed by atoms with van der Waals surface area (Å²) in [6, 6.07) is 0. The molecule has 3 rings (SSSR count). The Morgan fingerprint density at radius 3 is 1.97 bits per heavy atom. The summed E-state index contributed by atoms with van der Waals surface area (Å²) < 4.78 is 0. The minimum Gasteiger partial charge on any atom is -0.106 e. The summed E-state index contributed by atoms with van der Waals surface area (Å²) in [6.07, 6.45) is 33.8. The third kappa shape index (κ3) is 11.6. The Hall–Kier alpha value is -1.04. The van der Waals surface area contributed by atoms with Crippen molar-refractivity contribution in [3.8, 4) is 0 Å². The van der Waals surface area contributed by atoms with Crippen molar-refractivity contribution in [2.75, 3.05) is 0 Å². The summed E-state index contributed by atoms with van der Waals surface area (Å²) in [5.74, 6) is 4.56. The highest BCUT2D eigenvalue weighted by atomic mass is 14.4. The summed E-state index contributed by atoms with van der Waals surface area (Å²) in [7, 11) is 0. The van der Waals surface area contributed by atoms with Crippen molar-refractivity contribution in [2.45, 2.75) is 144 Å². The average Bonchev–Trinajstić information content (AvgIpc) is 3.21. The molecule has 208 valence electrons. The van der Waals surface area contributed by atoms with E-state index in [4.69, 9.17) is 0 Å². The van der Waals surface area contributed by atoms with Crippen LogP contribution in [-0.2, 0) is 0 Å². The van der Waals surface area contributed by atoms with E-state index in [1.807, 2.05) is 19.4 Å². The van der Waals surface area contributed by atoms with Crippen LogP contribution in [-0.4, -0.2) is 0 Å². The second kappa shape index (κ2) is 19.1. The third-order valence-corrected chi connectivity index (χ3v) is 9.64. The van der Waals surface area contributed by atoms with Crippen LogP contribution in [0.15, 0.2) is 49.6 Å². The Bertz CT molecular complexity index is 602. The van der Waals surface area contributed by atoms with E-state index in [2.05, 4.69) is 64.8 Å². The Morgan fingerprint density at radius 1 is 0.861 bits per heavy atom. The van der Waals surface area contributed by atoms with Gasteiger partial charge in [0, 0.05) is 0 Å². The first-order valence-corrected chi connectivity index (χ1v) is 16.0. The highest BCUT2D eigenvalue weighted by Gasteiger charge is 2.30. The molecule has 0 unspecified atom stereocenters. The van der Waals surface area contributed by atoms with Crippen molar-refractivity contribution < 1.29 is 0 Å². The average molecular weight is 497 g/mol. The molecule has 0 saturated heterocycles. The molecule has 36 heavy (non-hydrogen) atoms. The first-order valence-electron chi connectivity index (χ1n) is 16.0. The summed E-state index contributed by atoms with van der Waals surface area (Å²) in [4.78, 5) is 0. The molecule has 0 aromatic rings. The van der Waals surface area contributed by atoms with Crippen LogP contribution in [0.4, 0.5) is 0 Å². The second-order valence-electron chi connectivity index (χ2n) is 12.4.